The molecule has 2 heterocycles. The first kappa shape index (κ1) is 18.7. The Morgan fingerprint density at radius 2 is 1.89 bits per heavy atom. The van der Waals surface area contributed by atoms with Gasteiger partial charge in [-0.3, -0.25) is 9.59 Å². The van der Waals surface area contributed by atoms with Crippen molar-refractivity contribution >= 4 is 28.5 Å². The van der Waals surface area contributed by atoms with Crippen LogP contribution in [0.4, 0.5) is 4.39 Å². The Morgan fingerprint density at radius 3 is 2.64 bits per heavy atom. The molecule has 7 heteroatoms. The molecule has 0 saturated carbocycles. The third-order valence-electron chi connectivity index (χ3n) is 5.09. The second-order valence-corrected chi connectivity index (χ2v) is 7.30. The number of para-hydroxylation sites is 1. The molecule has 1 fully saturated rings. The molecular weight excluding hydrogens is 383 g/mol. The van der Waals surface area contributed by atoms with Crippen LogP contribution in [0.1, 0.15) is 16.1 Å². The molecule has 0 aliphatic carbocycles. The number of hydrogen-bond donors (Lipinski definition) is 1. The molecule has 3 aromatic rings. The number of hydrogen-bond acceptors (Lipinski definition) is 3. The van der Waals surface area contributed by atoms with Crippen LogP contribution in [0.2, 0.25) is 5.02 Å². The number of piperazine rings is 1. The van der Waals surface area contributed by atoms with E-state index >= 15 is 0 Å². The highest BCUT2D eigenvalue weighted by Gasteiger charge is 2.27. The van der Waals surface area contributed by atoms with E-state index in [1.165, 1.54) is 12.1 Å². The van der Waals surface area contributed by atoms with Crippen LogP contribution in [0.3, 0.4) is 0 Å². The second-order valence-electron chi connectivity index (χ2n) is 6.89. The van der Waals surface area contributed by atoms with Crippen LogP contribution in [0.15, 0.2) is 57.7 Å². The number of nitrogens with zero attached hydrogens (tertiary/aromatic N) is 1. The Balaban J connectivity index is 1.45. The third-order valence-corrected chi connectivity index (χ3v) is 5.45. The van der Waals surface area contributed by atoms with E-state index in [1.54, 1.807) is 41.3 Å². The number of rotatable bonds is 3. The maximum atomic E-state index is 14.0. The quantitative estimate of drug-likeness (QED) is 0.731. The van der Waals surface area contributed by atoms with Crippen molar-refractivity contribution in [1.82, 2.24) is 4.90 Å². The SMILES string of the molecule is O=C(c1cc(=O)c2ccccc2o1)N1CC[NH+](Cc2c(F)cccc2Cl)CC1. The van der Waals surface area contributed by atoms with Gasteiger partial charge in [-0.1, -0.05) is 29.8 Å². The number of nitrogens with one attached hydrogen (secondary N) is 1. The lowest BCUT2D eigenvalue weighted by atomic mass is 10.1. The second kappa shape index (κ2) is 7.73. The lowest BCUT2D eigenvalue weighted by Crippen LogP contribution is -3.13. The van der Waals surface area contributed by atoms with Gasteiger partial charge < -0.3 is 14.2 Å². The predicted octanol–water partition coefficient (Wildman–Crippen LogP) is 2.13. The summed E-state index contributed by atoms with van der Waals surface area (Å²) in [6.45, 7) is 2.79. The van der Waals surface area contributed by atoms with Gasteiger partial charge in [-0.25, -0.2) is 4.39 Å². The van der Waals surface area contributed by atoms with Gasteiger partial charge in [-0.2, -0.15) is 0 Å². The number of carbonyl (C=O) groups excluding carboxylic acids is 1. The molecular formula is C21H19ClFN2O3+. The van der Waals surface area contributed by atoms with Crippen molar-refractivity contribution in [2.45, 2.75) is 6.54 Å². The Morgan fingerprint density at radius 1 is 1.14 bits per heavy atom. The van der Waals surface area contributed by atoms with Gasteiger partial charge in [0.1, 0.15) is 17.9 Å². The Labute approximate surface area is 165 Å². The summed E-state index contributed by atoms with van der Waals surface area (Å²) in [5.74, 6) is -0.563. The molecule has 0 bridgehead atoms. The zero-order valence-corrected chi connectivity index (χ0v) is 15.8. The fraction of sp³-hybridized carbons (Fsp3) is 0.238. The first-order valence-electron chi connectivity index (χ1n) is 9.11. The standard InChI is InChI=1S/C21H18ClFN2O3/c22-16-5-3-6-17(23)15(16)13-24-8-10-25(11-9-24)21(27)20-12-18(26)14-4-1-2-7-19(14)28-20/h1-7,12H,8-11,13H2/p+1. The number of fused-ring (bicyclic) bond motifs is 1. The van der Waals surface area contributed by atoms with Crippen molar-refractivity contribution in [1.29, 1.82) is 0 Å². The first-order chi connectivity index (χ1) is 13.5. The summed E-state index contributed by atoms with van der Waals surface area (Å²) < 4.78 is 19.6. The van der Waals surface area contributed by atoms with E-state index in [0.717, 1.165) is 4.90 Å². The number of quaternary nitrogens is 1. The highest BCUT2D eigenvalue weighted by atomic mass is 35.5. The Kier molecular flexibility index (Phi) is 5.15. The highest BCUT2D eigenvalue weighted by Crippen LogP contribution is 2.18. The molecule has 1 saturated heterocycles. The van der Waals surface area contributed by atoms with Crippen molar-refractivity contribution < 1.29 is 18.5 Å². The van der Waals surface area contributed by atoms with Crippen molar-refractivity contribution in [3.63, 3.8) is 0 Å². The van der Waals surface area contributed by atoms with Gasteiger partial charge in [0.05, 0.1) is 42.2 Å². The number of amides is 1. The zero-order chi connectivity index (χ0) is 19.7. The van der Waals surface area contributed by atoms with E-state index in [9.17, 15) is 14.0 Å². The molecule has 1 aromatic heterocycles. The van der Waals surface area contributed by atoms with E-state index in [0.29, 0.717) is 54.3 Å². The zero-order valence-electron chi connectivity index (χ0n) is 15.1. The fourth-order valence-corrected chi connectivity index (χ4v) is 3.75. The van der Waals surface area contributed by atoms with Crippen LogP contribution >= 0.6 is 11.6 Å². The van der Waals surface area contributed by atoms with Crippen LogP contribution in [-0.2, 0) is 6.54 Å². The highest BCUT2D eigenvalue weighted by molar-refractivity contribution is 6.31. The topological polar surface area (TPSA) is 55.0 Å². The molecule has 0 unspecified atom stereocenters. The lowest BCUT2D eigenvalue weighted by molar-refractivity contribution is -0.917. The summed E-state index contributed by atoms with van der Waals surface area (Å²) in [6, 6.07) is 12.8. The average molecular weight is 402 g/mol. The molecule has 1 aliphatic rings. The number of halogens is 2. The van der Waals surface area contributed by atoms with Crippen molar-refractivity contribution in [3.05, 3.63) is 80.9 Å². The summed E-state index contributed by atoms with van der Waals surface area (Å²) in [7, 11) is 0. The van der Waals surface area contributed by atoms with Crippen molar-refractivity contribution in [3.8, 4) is 0 Å². The monoisotopic (exact) mass is 401 g/mol. The van der Waals surface area contributed by atoms with Gasteiger partial charge in [0.25, 0.3) is 5.91 Å². The molecule has 0 radical (unpaired) electrons. The maximum Gasteiger partial charge on any atom is 0.290 e. The normalized spacial score (nSPS) is 15.1. The molecule has 0 atom stereocenters. The fourth-order valence-electron chi connectivity index (χ4n) is 3.52. The number of carbonyl (C=O) groups is 1. The third kappa shape index (κ3) is 3.66. The van der Waals surface area contributed by atoms with Crippen LogP contribution in [-0.4, -0.2) is 37.0 Å². The van der Waals surface area contributed by atoms with Gasteiger partial charge >= 0.3 is 0 Å². The Bertz CT molecular complexity index is 1070. The number of benzene rings is 2. The molecule has 0 spiro atoms. The molecule has 4 rings (SSSR count). The van der Waals surface area contributed by atoms with Crippen LogP contribution < -0.4 is 10.3 Å². The summed E-state index contributed by atoms with van der Waals surface area (Å²) in [5.41, 5.74) is 0.667. The largest absolute Gasteiger partial charge is 0.451 e. The summed E-state index contributed by atoms with van der Waals surface area (Å²) in [5, 5.41) is 0.874. The van der Waals surface area contributed by atoms with Crippen LogP contribution in [0.5, 0.6) is 0 Å². The van der Waals surface area contributed by atoms with E-state index in [4.69, 9.17) is 16.0 Å². The summed E-state index contributed by atoms with van der Waals surface area (Å²) in [4.78, 5) is 27.8. The predicted molar refractivity (Wildman–Crippen MR) is 104 cm³/mol. The van der Waals surface area contributed by atoms with Gasteiger partial charge in [0.15, 0.2) is 11.2 Å². The minimum absolute atomic E-state index is 0.0456. The van der Waals surface area contributed by atoms with Crippen molar-refractivity contribution in [2.24, 2.45) is 0 Å². The first-order valence-corrected chi connectivity index (χ1v) is 9.49. The van der Waals surface area contributed by atoms with Gasteiger partial charge in [-0.05, 0) is 24.3 Å². The minimum atomic E-state index is -0.309. The Hall–Kier alpha value is -2.70. The molecule has 1 aliphatic heterocycles. The van der Waals surface area contributed by atoms with Crippen LogP contribution in [0.25, 0.3) is 11.0 Å². The summed E-state index contributed by atoms with van der Waals surface area (Å²) >= 11 is 6.11. The minimum Gasteiger partial charge on any atom is -0.451 e. The van der Waals surface area contributed by atoms with E-state index in [-0.39, 0.29) is 22.9 Å². The average Bonchev–Trinajstić information content (AvgIpc) is 2.71. The van der Waals surface area contributed by atoms with E-state index < -0.39 is 0 Å². The molecule has 5 nitrogen and oxygen atoms in total. The maximum absolute atomic E-state index is 14.0. The van der Waals surface area contributed by atoms with E-state index in [1.807, 2.05) is 0 Å². The van der Waals surface area contributed by atoms with E-state index in [2.05, 4.69) is 0 Å². The molecule has 28 heavy (non-hydrogen) atoms. The van der Waals surface area contributed by atoms with Gasteiger partial charge in [0, 0.05) is 6.07 Å². The molecule has 1 N–H and O–H groups in total. The van der Waals surface area contributed by atoms with Gasteiger partial charge in [0.2, 0.25) is 0 Å². The lowest BCUT2D eigenvalue weighted by Gasteiger charge is -2.32. The summed E-state index contributed by atoms with van der Waals surface area (Å²) in [6.07, 6.45) is 0. The molecule has 2 aromatic carbocycles. The van der Waals surface area contributed by atoms with Crippen LogP contribution in [0, 0.1) is 5.82 Å². The molecule has 144 valence electrons. The van der Waals surface area contributed by atoms with Gasteiger partial charge in [-0.15, -0.1) is 0 Å². The van der Waals surface area contributed by atoms with Crippen molar-refractivity contribution in [2.75, 3.05) is 26.2 Å². The smallest absolute Gasteiger partial charge is 0.290 e. The molecule has 1 amide bonds.